The minimum atomic E-state index is 0.0494. The van der Waals surface area contributed by atoms with Gasteiger partial charge in [-0.3, -0.25) is 9.78 Å². The van der Waals surface area contributed by atoms with Crippen molar-refractivity contribution in [2.75, 3.05) is 20.2 Å². The smallest absolute Gasteiger partial charge is 0.255 e. The molecule has 0 N–H and O–H groups in total. The standard InChI is InChI=1S/C13H18N2O2/c1-9(2)10-4-11(6-14-5-10)13(16)15-7-12(8-15)17-3/h4-6,9,12H,7-8H2,1-3H3. The van der Waals surface area contributed by atoms with Crippen molar-refractivity contribution < 1.29 is 9.53 Å². The highest BCUT2D eigenvalue weighted by molar-refractivity contribution is 5.94. The molecule has 0 unspecified atom stereocenters. The highest BCUT2D eigenvalue weighted by Gasteiger charge is 2.31. The Labute approximate surface area is 102 Å². The zero-order chi connectivity index (χ0) is 12.4. The molecule has 0 spiro atoms. The Morgan fingerprint density at radius 2 is 2.18 bits per heavy atom. The molecule has 0 aliphatic carbocycles. The summed E-state index contributed by atoms with van der Waals surface area (Å²) in [6, 6.07) is 1.93. The topological polar surface area (TPSA) is 42.4 Å². The number of likely N-dealkylation sites (tertiary alicyclic amines) is 1. The highest BCUT2D eigenvalue weighted by atomic mass is 16.5. The molecule has 92 valence electrons. The first-order valence-electron chi connectivity index (χ1n) is 5.89. The predicted octanol–water partition coefficient (Wildman–Crippen LogP) is 1.68. The van der Waals surface area contributed by atoms with E-state index >= 15 is 0 Å². The van der Waals surface area contributed by atoms with Crippen LogP contribution in [0.25, 0.3) is 0 Å². The summed E-state index contributed by atoms with van der Waals surface area (Å²) in [6.07, 6.45) is 3.64. The summed E-state index contributed by atoms with van der Waals surface area (Å²) < 4.78 is 5.15. The molecule has 1 saturated heterocycles. The van der Waals surface area contributed by atoms with Crippen molar-refractivity contribution in [3.63, 3.8) is 0 Å². The summed E-state index contributed by atoms with van der Waals surface area (Å²) in [5.41, 5.74) is 1.77. The molecule has 4 heteroatoms. The first kappa shape index (κ1) is 12.0. The van der Waals surface area contributed by atoms with Gasteiger partial charge in [-0.25, -0.2) is 0 Å². The third-order valence-electron chi connectivity index (χ3n) is 3.14. The molecule has 0 atom stereocenters. The normalized spacial score (nSPS) is 16.1. The molecule has 0 aromatic carbocycles. The second-order valence-corrected chi connectivity index (χ2v) is 4.73. The minimum absolute atomic E-state index is 0.0494. The second-order valence-electron chi connectivity index (χ2n) is 4.73. The van der Waals surface area contributed by atoms with Crippen LogP contribution in [-0.4, -0.2) is 42.1 Å². The van der Waals surface area contributed by atoms with E-state index < -0.39 is 0 Å². The van der Waals surface area contributed by atoms with E-state index in [9.17, 15) is 4.79 Å². The summed E-state index contributed by atoms with van der Waals surface area (Å²) in [4.78, 5) is 18.0. The molecule has 2 rings (SSSR count). The number of carbonyl (C=O) groups excluding carboxylic acids is 1. The van der Waals surface area contributed by atoms with Gasteiger partial charge in [-0.05, 0) is 17.5 Å². The molecular formula is C13H18N2O2. The summed E-state index contributed by atoms with van der Waals surface area (Å²) in [5, 5.41) is 0. The van der Waals surface area contributed by atoms with Gasteiger partial charge in [0.25, 0.3) is 5.91 Å². The molecule has 1 amide bonds. The molecular weight excluding hydrogens is 216 g/mol. The third-order valence-corrected chi connectivity index (χ3v) is 3.14. The van der Waals surface area contributed by atoms with Gasteiger partial charge < -0.3 is 9.64 Å². The number of aromatic nitrogens is 1. The van der Waals surface area contributed by atoms with E-state index in [0.717, 1.165) is 5.56 Å². The zero-order valence-corrected chi connectivity index (χ0v) is 10.5. The number of amides is 1. The van der Waals surface area contributed by atoms with Gasteiger partial charge in [0.05, 0.1) is 11.7 Å². The number of ether oxygens (including phenoxy) is 1. The molecule has 4 nitrogen and oxygen atoms in total. The van der Waals surface area contributed by atoms with Crippen LogP contribution in [0, 0.1) is 0 Å². The van der Waals surface area contributed by atoms with Crippen LogP contribution in [0.15, 0.2) is 18.5 Å². The molecule has 0 saturated carbocycles. The number of pyridine rings is 1. The van der Waals surface area contributed by atoms with Crippen LogP contribution in [-0.2, 0) is 4.74 Å². The number of methoxy groups -OCH3 is 1. The van der Waals surface area contributed by atoms with Crippen LogP contribution in [0.2, 0.25) is 0 Å². The number of hydrogen-bond donors (Lipinski definition) is 0. The molecule has 0 bridgehead atoms. The highest BCUT2D eigenvalue weighted by Crippen LogP contribution is 2.18. The van der Waals surface area contributed by atoms with Crippen LogP contribution >= 0.6 is 0 Å². The average molecular weight is 234 g/mol. The fourth-order valence-electron chi connectivity index (χ4n) is 1.83. The largest absolute Gasteiger partial charge is 0.378 e. The van der Waals surface area contributed by atoms with Crippen molar-refractivity contribution in [3.8, 4) is 0 Å². The van der Waals surface area contributed by atoms with E-state index in [1.807, 2.05) is 12.3 Å². The molecule has 1 aromatic heterocycles. The molecule has 17 heavy (non-hydrogen) atoms. The van der Waals surface area contributed by atoms with E-state index in [4.69, 9.17) is 4.74 Å². The van der Waals surface area contributed by atoms with E-state index in [1.54, 1.807) is 18.2 Å². The van der Waals surface area contributed by atoms with Gasteiger partial charge in [0.15, 0.2) is 0 Å². The van der Waals surface area contributed by atoms with Crippen molar-refractivity contribution in [2.45, 2.75) is 25.9 Å². The molecule has 1 aromatic rings. The van der Waals surface area contributed by atoms with Gasteiger partial charge in [0, 0.05) is 32.6 Å². The number of rotatable bonds is 3. The van der Waals surface area contributed by atoms with E-state index in [1.165, 1.54) is 0 Å². The molecule has 1 aliphatic rings. The Balaban J connectivity index is 2.07. The molecule has 1 aliphatic heterocycles. The maximum atomic E-state index is 12.1. The van der Waals surface area contributed by atoms with Crippen LogP contribution in [0.4, 0.5) is 0 Å². The molecule has 1 fully saturated rings. The number of carbonyl (C=O) groups is 1. The lowest BCUT2D eigenvalue weighted by molar-refractivity contribution is -0.0192. The van der Waals surface area contributed by atoms with Crippen molar-refractivity contribution in [1.82, 2.24) is 9.88 Å². The van der Waals surface area contributed by atoms with E-state index in [0.29, 0.717) is 24.6 Å². The first-order valence-corrected chi connectivity index (χ1v) is 5.89. The predicted molar refractivity (Wildman–Crippen MR) is 65.0 cm³/mol. The van der Waals surface area contributed by atoms with Crippen molar-refractivity contribution >= 4 is 5.91 Å². The van der Waals surface area contributed by atoms with Gasteiger partial charge in [0.1, 0.15) is 0 Å². The lowest BCUT2D eigenvalue weighted by Gasteiger charge is -2.38. The van der Waals surface area contributed by atoms with Crippen LogP contribution in [0.5, 0.6) is 0 Å². The van der Waals surface area contributed by atoms with Gasteiger partial charge in [-0.2, -0.15) is 0 Å². The molecule has 2 heterocycles. The average Bonchev–Trinajstić information content (AvgIpc) is 2.27. The van der Waals surface area contributed by atoms with Crippen molar-refractivity contribution in [3.05, 3.63) is 29.6 Å². The first-order chi connectivity index (χ1) is 8.11. The fourth-order valence-corrected chi connectivity index (χ4v) is 1.83. The quantitative estimate of drug-likeness (QED) is 0.799. The SMILES string of the molecule is COC1CN(C(=O)c2cncc(C(C)C)c2)C1. The maximum absolute atomic E-state index is 12.1. The van der Waals surface area contributed by atoms with Gasteiger partial charge >= 0.3 is 0 Å². The van der Waals surface area contributed by atoms with Crippen LogP contribution in [0.1, 0.15) is 35.7 Å². The summed E-state index contributed by atoms with van der Waals surface area (Å²) in [7, 11) is 1.67. The molecule has 0 radical (unpaired) electrons. The maximum Gasteiger partial charge on any atom is 0.255 e. The van der Waals surface area contributed by atoms with Gasteiger partial charge in [0.2, 0.25) is 0 Å². The lowest BCUT2D eigenvalue weighted by Crippen LogP contribution is -2.54. The second kappa shape index (κ2) is 4.84. The van der Waals surface area contributed by atoms with Crippen molar-refractivity contribution in [1.29, 1.82) is 0 Å². The Morgan fingerprint density at radius 3 is 2.76 bits per heavy atom. The van der Waals surface area contributed by atoms with E-state index in [-0.39, 0.29) is 12.0 Å². The van der Waals surface area contributed by atoms with Crippen LogP contribution < -0.4 is 0 Å². The monoisotopic (exact) mass is 234 g/mol. The Morgan fingerprint density at radius 1 is 1.47 bits per heavy atom. The van der Waals surface area contributed by atoms with Crippen molar-refractivity contribution in [2.24, 2.45) is 0 Å². The summed E-state index contributed by atoms with van der Waals surface area (Å²) in [6.45, 7) is 5.55. The zero-order valence-electron chi connectivity index (χ0n) is 10.5. The van der Waals surface area contributed by atoms with E-state index in [2.05, 4.69) is 18.8 Å². The van der Waals surface area contributed by atoms with Crippen LogP contribution in [0.3, 0.4) is 0 Å². The minimum Gasteiger partial charge on any atom is -0.378 e. The van der Waals surface area contributed by atoms with Gasteiger partial charge in [-0.1, -0.05) is 13.8 Å². The summed E-state index contributed by atoms with van der Waals surface area (Å²) >= 11 is 0. The lowest BCUT2D eigenvalue weighted by atomic mass is 10.0. The fraction of sp³-hybridized carbons (Fsp3) is 0.538. The Kier molecular flexibility index (Phi) is 3.43. The Bertz CT molecular complexity index is 412. The van der Waals surface area contributed by atoms with Gasteiger partial charge in [-0.15, -0.1) is 0 Å². The number of hydrogen-bond acceptors (Lipinski definition) is 3. The summed E-state index contributed by atoms with van der Waals surface area (Å²) in [5.74, 6) is 0.437. The Hall–Kier alpha value is -1.42. The third kappa shape index (κ3) is 2.47. The number of nitrogens with zero attached hydrogens (tertiary/aromatic N) is 2.